The Kier molecular flexibility index (Phi) is 4.71. The predicted molar refractivity (Wildman–Crippen MR) is 89.3 cm³/mol. The fourth-order valence-corrected chi connectivity index (χ4v) is 2.80. The maximum absolute atomic E-state index is 12.2. The number of hydrogen-bond donors (Lipinski definition) is 2. The summed E-state index contributed by atoms with van der Waals surface area (Å²) in [7, 11) is 3.57. The lowest BCUT2D eigenvalue weighted by molar-refractivity contribution is 0.0948. The molecule has 1 amide bonds. The van der Waals surface area contributed by atoms with Gasteiger partial charge in [-0.3, -0.25) is 14.4 Å². The van der Waals surface area contributed by atoms with E-state index in [9.17, 15) is 9.90 Å². The third-order valence-electron chi connectivity index (χ3n) is 4.16. The van der Waals surface area contributed by atoms with Gasteiger partial charge in [-0.05, 0) is 37.2 Å². The summed E-state index contributed by atoms with van der Waals surface area (Å²) < 4.78 is 6.99. The average molecular weight is 330 g/mol. The van der Waals surface area contributed by atoms with E-state index in [1.54, 1.807) is 12.1 Å². The van der Waals surface area contributed by atoms with Gasteiger partial charge in [-0.15, -0.1) is 0 Å². The summed E-state index contributed by atoms with van der Waals surface area (Å²) in [5, 5.41) is 16.9. The molecule has 0 bridgehead atoms. The lowest BCUT2D eigenvalue weighted by atomic mass is 10.1. The maximum atomic E-state index is 12.2. The van der Waals surface area contributed by atoms with Crippen LogP contribution in [0.1, 0.15) is 21.7 Å². The Labute approximate surface area is 140 Å². The molecule has 0 unspecified atom stereocenters. The first-order valence-electron chi connectivity index (χ1n) is 7.96. The summed E-state index contributed by atoms with van der Waals surface area (Å²) in [4.78, 5) is 14.5. The minimum Gasteiger partial charge on any atom is -0.504 e. The first-order chi connectivity index (χ1) is 11.6. The van der Waals surface area contributed by atoms with Gasteiger partial charge in [0.1, 0.15) is 5.69 Å². The molecular weight excluding hydrogens is 308 g/mol. The normalized spacial score (nSPS) is 14.2. The van der Waals surface area contributed by atoms with Crippen LogP contribution < -0.4 is 10.1 Å². The molecule has 7 heteroatoms. The standard InChI is InChI=1S/C17H22N4O3/c1-20-7-8-21-13(11-20)10-14(19-21)17(23)18-6-5-12-3-4-15(22)16(9-12)24-2/h3-4,9-10,22H,5-8,11H2,1-2H3,(H,18,23). The van der Waals surface area contributed by atoms with Crippen LogP contribution in [0.5, 0.6) is 11.5 Å². The summed E-state index contributed by atoms with van der Waals surface area (Å²) in [5.74, 6) is 0.383. The van der Waals surface area contributed by atoms with Crippen molar-refractivity contribution in [1.82, 2.24) is 20.0 Å². The number of likely N-dealkylation sites (N-methyl/N-ethyl adjacent to an activating group) is 1. The number of ether oxygens (including phenoxy) is 1. The van der Waals surface area contributed by atoms with Crippen molar-refractivity contribution in [2.75, 3.05) is 27.2 Å². The van der Waals surface area contributed by atoms with Crippen molar-refractivity contribution in [2.45, 2.75) is 19.5 Å². The van der Waals surface area contributed by atoms with Crippen LogP contribution in [0.4, 0.5) is 0 Å². The van der Waals surface area contributed by atoms with E-state index < -0.39 is 0 Å². The molecule has 1 aromatic heterocycles. The van der Waals surface area contributed by atoms with E-state index in [0.29, 0.717) is 24.4 Å². The lowest BCUT2D eigenvalue weighted by Crippen LogP contribution is -2.30. The van der Waals surface area contributed by atoms with Gasteiger partial charge in [-0.25, -0.2) is 0 Å². The van der Waals surface area contributed by atoms with Crippen molar-refractivity contribution < 1.29 is 14.6 Å². The third-order valence-corrected chi connectivity index (χ3v) is 4.16. The zero-order valence-corrected chi connectivity index (χ0v) is 14.0. The minimum atomic E-state index is -0.162. The molecule has 7 nitrogen and oxygen atoms in total. The zero-order chi connectivity index (χ0) is 17.1. The maximum Gasteiger partial charge on any atom is 0.271 e. The SMILES string of the molecule is COc1cc(CCNC(=O)c2cc3n(n2)CCN(C)C3)ccc1O. The highest BCUT2D eigenvalue weighted by atomic mass is 16.5. The van der Waals surface area contributed by atoms with Gasteiger partial charge in [0, 0.05) is 19.6 Å². The first-order valence-corrected chi connectivity index (χ1v) is 7.96. The number of phenols is 1. The van der Waals surface area contributed by atoms with E-state index in [0.717, 1.165) is 30.9 Å². The largest absolute Gasteiger partial charge is 0.504 e. The molecule has 3 rings (SSSR count). The van der Waals surface area contributed by atoms with Crippen LogP contribution in [0.3, 0.4) is 0 Å². The van der Waals surface area contributed by atoms with Gasteiger partial charge in [-0.2, -0.15) is 5.10 Å². The van der Waals surface area contributed by atoms with Gasteiger partial charge in [-0.1, -0.05) is 6.07 Å². The highest BCUT2D eigenvalue weighted by molar-refractivity contribution is 5.92. The number of aromatic nitrogens is 2. The van der Waals surface area contributed by atoms with Crippen LogP contribution in [0.25, 0.3) is 0 Å². The number of aromatic hydroxyl groups is 1. The first kappa shape index (κ1) is 16.3. The molecule has 1 aliphatic rings. The second kappa shape index (κ2) is 6.92. The van der Waals surface area contributed by atoms with Gasteiger partial charge < -0.3 is 15.2 Å². The Morgan fingerprint density at radius 3 is 3.00 bits per heavy atom. The Balaban J connectivity index is 1.56. The molecule has 0 spiro atoms. The molecular formula is C17H22N4O3. The highest BCUT2D eigenvalue weighted by Gasteiger charge is 2.18. The molecule has 2 N–H and O–H groups in total. The Morgan fingerprint density at radius 1 is 1.38 bits per heavy atom. The van der Waals surface area contributed by atoms with Gasteiger partial charge >= 0.3 is 0 Å². The number of benzene rings is 1. The molecule has 1 aromatic carbocycles. The number of hydrogen-bond acceptors (Lipinski definition) is 5. The van der Waals surface area contributed by atoms with Crippen LogP contribution >= 0.6 is 0 Å². The Morgan fingerprint density at radius 2 is 2.21 bits per heavy atom. The van der Waals surface area contributed by atoms with Gasteiger partial charge in [0.05, 0.1) is 19.3 Å². The number of fused-ring (bicyclic) bond motifs is 1. The van der Waals surface area contributed by atoms with Gasteiger partial charge in [0.15, 0.2) is 11.5 Å². The second-order valence-electron chi connectivity index (χ2n) is 5.99. The quantitative estimate of drug-likeness (QED) is 0.855. The summed E-state index contributed by atoms with van der Waals surface area (Å²) in [5.41, 5.74) is 2.51. The number of amides is 1. The number of nitrogens with zero attached hydrogens (tertiary/aromatic N) is 3. The lowest BCUT2D eigenvalue weighted by Gasteiger charge is -2.22. The fourth-order valence-electron chi connectivity index (χ4n) is 2.80. The van der Waals surface area contributed by atoms with E-state index in [2.05, 4.69) is 22.4 Å². The molecule has 0 saturated carbocycles. The number of rotatable bonds is 5. The van der Waals surface area contributed by atoms with Crippen molar-refractivity contribution in [3.8, 4) is 11.5 Å². The monoisotopic (exact) mass is 330 g/mol. The summed E-state index contributed by atoms with van der Waals surface area (Å²) in [6.07, 6.45) is 0.651. The van der Waals surface area contributed by atoms with Crippen molar-refractivity contribution in [3.63, 3.8) is 0 Å². The topological polar surface area (TPSA) is 79.6 Å². The highest BCUT2D eigenvalue weighted by Crippen LogP contribution is 2.26. The summed E-state index contributed by atoms with van der Waals surface area (Å²) in [6, 6.07) is 7.03. The Hall–Kier alpha value is -2.54. The van der Waals surface area contributed by atoms with E-state index in [4.69, 9.17) is 4.74 Å². The molecule has 0 aliphatic carbocycles. The van der Waals surface area contributed by atoms with Gasteiger partial charge in [0.2, 0.25) is 0 Å². The molecule has 2 heterocycles. The van der Waals surface area contributed by atoms with E-state index in [1.807, 2.05) is 16.8 Å². The van der Waals surface area contributed by atoms with Crippen LogP contribution in [0.2, 0.25) is 0 Å². The van der Waals surface area contributed by atoms with Crippen molar-refractivity contribution >= 4 is 5.91 Å². The molecule has 1 aliphatic heterocycles. The van der Waals surface area contributed by atoms with E-state index in [1.165, 1.54) is 7.11 Å². The summed E-state index contributed by atoms with van der Waals surface area (Å²) in [6.45, 7) is 3.06. The number of phenolic OH excluding ortho intramolecular Hbond substituents is 1. The van der Waals surface area contributed by atoms with Gasteiger partial charge in [0.25, 0.3) is 5.91 Å². The molecule has 2 aromatic rings. The van der Waals surface area contributed by atoms with E-state index in [-0.39, 0.29) is 11.7 Å². The summed E-state index contributed by atoms with van der Waals surface area (Å²) >= 11 is 0. The number of nitrogens with one attached hydrogen (secondary N) is 1. The smallest absolute Gasteiger partial charge is 0.271 e. The molecule has 0 atom stereocenters. The molecule has 0 fully saturated rings. The number of carbonyl (C=O) groups is 1. The van der Waals surface area contributed by atoms with Crippen molar-refractivity contribution in [1.29, 1.82) is 0 Å². The fraction of sp³-hybridized carbons (Fsp3) is 0.412. The minimum absolute atomic E-state index is 0.110. The van der Waals surface area contributed by atoms with Crippen LogP contribution in [0.15, 0.2) is 24.3 Å². The van der Waals surface area contributed by atoms with Crippen LogP contribution in [-0.4, -0.2) is 52.9 Å². The average Bonchev–Trinajstić information content (AvgIpc) is 2.99. The molecule has 128 valence electrons. The molecule has 0 saturated heterocycles. The molecule has 0 radical (unpaired) electrons. The predicted octanol–water partition coefficient (Wildman–Crippen LogP) is 1.02. The molecule has 24 heavy (non-hydrogen) atoms. The third kappa shape index (κ3) is 3.51. The number of methoxy groups -OCH3 is 1. The van der Waals surface area contributed by atoms with Crippen LogP contribution in [0, 0.1) is 0 Å². The van der Waals surface area contributed by atoms with Crippen molar-refractivity contribution in [2.24, 2.45) is 0 Å². The number of carbonyl (C=O) groups excluding carboxylic acids is 1. The van der Waals surface area contributed by atoms with Crippen molar-refractivity contribution in [3.05, 3.63) is 41.2 Å². The Bertz CT molecular complexity index is 741. The van der Waals surface area contributed by atoms with E-state index >= 15 is 0 Å². The zero-order valence-electron chi connectivity index (χ0n) is 14.0. The van der Waals surface area contributed by atoms with Crippen LogP contribution in [-0.2, 0) is 19.5 Å². The second-order valence-corrected chi connectivity index (χ2v) is 5.99.